The molecule has 1 atom stereocenters. The Morgan fingerprint density at radius 3 is 2.63 bits per heavy atom. The number of halogens is 4. The van der Waals surface area contributed by atoms with Crippen LogP contribution in [0.15, 0.2) is 29.3 Å². The largest absolute Gasteiger partial charge is 0.484 e. The lowest BCUT2D eigenvalue weighted by molar-refractivity contribution is -0.153. The van der Waals surface area contributed by atoms with E-state index in [1.807, 2.05) is 0 Å². The SMILES string of the molecule is CN=C(NCc1ccc(OCC(F)(F)F)cc1)N1CCC2(CCOC2)C1.I. The van der Waals surface area contributed by atoms with E-state index in [-0.39, 0.29) is 35.1 Å². The van der Waals surface area contributed by atoms with Crippen LogP contribution in [0.2, 0.25) is 0 Å². The number of benzene rings is 1. The molecule has 1 N–H and O–H groups in total. The van der Waals surface area contributed by atoms with Crippen LogP contribution in [0.1, 0.15) is 18.4 Å². The van der Waals surface area contributed by atoms with Crippen LogP contribution in [-0.4, -0.2) is 57.0 Å². The molecule has 1 aromatic rings. The van der Waals surface area contributed by atoms with Gasteiger partial charge in [-0.05, 0) is 30.5 Å². The first-order chi connectivity index (χ1) is 12.4. The van der Waals surface area contributed by atoms with Gasteiger partial charge in [0.2, 0.25) is 0 Å². The summed E-state index contributed by atoms with van der Waals surface area (Å²) in [5, 5.41) is 3.32. The molecule has 2 aliphatic heterocycles. The Morgan fingerprint density at radius 1 is 1.30 bits per heavy atom. The number of ether oxygens (including phenoxy) is 2. The van der Waals surface area contributed by atoms with Crippen LogP contribution >= 0.6 is 24.0 Å². The van der Waals surface area contributed by atoms with Crippen LogP contribution in [0.3, 0.4) is 0 Å². The van der Waals surface area contributed by atoms with Crippen molar-refractivity contribution < 1.29 is 22.6 Å². The molecule has 0 radical (unpaired) electrons. The molecule has 1 unspecified atom stereocenters. The molecule has 2 heterocycles. The quantitative estimate of drug-likeness (QED) is 0.392. The van der Waals surface area contributed by atoms with Gasteiger partial charge in [-0.15, -0.1) is 24.0 Å². The second-order valence-corrected chi connectivity index (χ2v) is 6.92. The van der Waals surface area contributed by atoms with Crippen LogP contribution in [-0.2, 0) is 11.3 Å². The van der Waals surface area contributed by atoms with Crippen molar-refractivity contribution in [3.8, 4) is 5.75 Å². The third-order valence-electron chi connectivity index (χ3n) is 4.91. The molecule has 3 rings (SSSR count). The van der Waals surface area contributed by atoms with E-state index < -0.39 is 12.8 Å². The van der Waals surface area contributed by atoms with Gasteiger partial charge in [-0.25, -0.2) is 0 Å². The van der Waals surface area contributed by atoms with E-state index in [1.54, 1.807) is 31.3 Å². The third-order valence-corrected chi connectivity index (χ3v) is 4.91. The van der Waals surface area contributed by atoms with Gasteiger partial charge < -0.3 is 19.7 Å². The van der Waals surface area contributed by atoms with Gasteiger partial charge in [-0.1, -0.05) is 12.1 Å². The molecule has 5 nitrogen and oxygen atoms in total. The molecule has 152 valence electrons. The van der Waals surface area contributed by atoms with E-state index in [9.17, 15) is 13.2 Å². The standard InChI is InChI=1S/C18H24F3N3O2.HI/c1-22-16(24-8-6-17(11-24)7-9-25-12-17)23-10-14-2-4-15(5-3-14)26-13-18(19,20)21;/h2-5H,6-13H2,1H3,(H,22,23);1H. The van der Waals surface area contributed by atoms with Crippen LogP contribution in [0.5, 0.6) is 5.75 Å². The first kappa shape index (κ1) is 22.1. The van der Waals surface area contributed by atoms with Crippen molar-refractivity contribution in [2.45, 2.75) is 25.6 Å². The molecular weight excluding hydrogens is 474 g/mol. The van der Waals surface area contributed by atoms with Crippen LogP contribution in [0.25, 0.3) is 0 Å². The maximum absolute atomic E-state index is 12.2. The second-order valence-electron chi connectivity index (χ2n) is 6.92. The average Bonchev–Trinajstić information content (AvgIpc) is 3.24. The molecule has 0 aromatic heterocycles. The highest BCUT2D eigenvalue weighted by molar-refractivity contribution is 14.0. The Kier molecular flexibility index (Phi) is 7.61. The van der Waals surface area contributed by atoms with Gasteiger partial charge in [0.05, 0.1) is 6.61 Å². The van der Waals surface area contributed by atoms with E-state index in [0.29, 0.717) is 6.54 Å². The van der Waals surface area contributed by atoms with Gasteiger partial charge in [0, 0.05) is 38.7 Å². The van der Waals surface area contributed by atoms with Gasteiger partial charge >= 0.3 is 6.18 Å². The smallest absolute Gasteiger partial charge is 0.422 e. The van der Waals surface area contributed by atoms with Gasteiger partial charge in [0.1, 0.15) is 5.75 Å². The van der Waals surface area contributed by atoms with Gasteiger partial charge in [-0.2, -0.15) is 13.2 Å². The number of guanidine groups is 1. The fourth-order valence-electron chi connectivity index (χ4n) is 3.47. The summed E-state index contributed by atoms with van der Waals surface area (Å²) < 4.78 is 46.8. The number of hydrogen-bond donors (Lipinski definition) is 1. The average molecular weight is 499 g/mol. The zero-order valence-corrected chi connectivity index (χ0v) is 17.5. The Morgan fingerprint density at radius 2 is 2.04 bits per heavy atom. The van der Waals surface area contributed by atoms with Crippen molar-refractivity contribution in [2.24, 2.45) is 10.4 Å². The molecule has 1 spiro atoms. The summed E-state index contributed by atoms with van der Waals surface area (Å²) in [5.41, 5.74) is 1.21. The van der Waals surface area contributed by atoms with E-state index >= 15 is 0 Å². The van der Waals surface area contributed by atoms with E-state index in [2.05, 4.69) is 15.2 Å². The van der Waals surface area contributed by atoms with E-state index in [1.165, 1.54) is 0 Å². The van der Waals surface area contributed by atoms with Crippen molar-refractivity contribution in [1.29, 1.82) is 0 Å². The van der Waals surface area contributed by atoms with Crippen LogP contribution in [0, 0.1) is 5.41 Å². The van der Waals surface area contributed by atoms with E-state index in [0.717, 1.165) is 50.7 Å². The fourth-order valence-corrected chi connectivity index (χ4v) is 3.47. The highest BCUT2D eigenvalue weighted by atomic mass is 127. The molecule has 9 heteroatoms. The predicted octanol–water partition coefficient (Wildman–Crippen LogP) is 3.43. The highest BCUT2D eigenvalue weighted by Gasteiger charge is 2.42. The predicted molar refractivity (Wildman–Crippen MR) is 108 cm³/mol. The number of nitrogens with one attached hydrogen (secondary N) is 1. The third kappa shape index (κ3) is 6.13. The lowest BCUT2D eigenvalue weighted by Crippen LogP contribution is -2.41. The number of rotatable bonds is 4. The molecule has 0 aliphatic carbocycles. The Hall–Kier alpha value is -1.23. The molecule has 0 amide bonds. The van der Waals surface area contributed by atoms with Gasteiger partial charge in [0.25, 0.3) is 0 Å². The number of nitrogens with zero attached hydrogens (tertiary/aromatic N) is 2. The lowest BCUT2D eigenvalue weighted by Gasteiger charge is -2.25. The summed E-state index contributed by atoms with van der Waals surface area (Å²) in [4.78, 5) is 6.60. The molecule has 2 fully saturated rings. The maximum Gasteiger partial charge on any atom is 0.422 e. The molecule has 0 saturated carbocycles. The number of hydrogen-bond acceptors (Lipinski definition) is 3. The monoisotopic (exact) mass is 499 g/mol. The molecule has 27 heavy (non-hydrogen) atoms. The molecule has 2 aliphatic rings. The zero-order chi connectivity index (χ0) is 18.6. The van der Waals surface area contributed by atoms with Crippen molar-refractivity contribution in [3.63, 3.8) is 0 Å². The minimum Gasteiger partial charge on any atom is -0.484 e. The summed E-state index contributed by atoms with van der Waals surface area (Å²) in [7, 11) is 1.76. The fraction of sp³-hybridized carbons (Fsp3) is 0.611. The number of likely N-dealkylation sites (tertiary alicyclic amines) is 1. The van der Waals surface area contributed by atoms with Crippen molar-refractivity contribution in [3.05, 3.63) is 29.8 Å². The molecular formula is C18H25F3IN3O2. The van der Waals surface area contributed by atoms with Crippen LogP contribution in [0.4, 0.5) is 13.2 Å². The summed E-state index contributed by atoms with van der Waals surface area (Å²) in [6.07, 6.45) is -2.12. The lowest BCUT2D eigenvalue weighted by atomic mass is 9.87. The summed E-state index contributed by atoms with van der Waals surface area (Å²) >= 11 is 0. The summed E-state index contributed by atoms with van der Waals surface area (Å²) in [6, 6.07) is 6.60. The van der Waals surface area contributed by atoms with Gasteiger partial charge in [-0.3, -0.25) is 4.99 Å². The zero-order valence-electron chi connectivity index (χ0n) is 15.2. The number of aliphatic imine (C=N–C) groups is 1. The number of alkyl halides is 3. The second kappa shape index (κ2) is 9.31. The Balaban J connectivity index is 0.00000261. The molecule has 1 aromatic carbocycles. The van der Waals surface area contributed by atoms with Crippen LogP contribution < -0.4 is 10.1 Å². The highest BCUT2D eigenvalue weighted by Crippen LogP contribution is 2.38. The normalized spacial score (nSPS) is 22.8. The molecule has 2 saturated heterocycles. The minimum absolute atomic E-state index is 0. The summed E-state index contributed by atoms with van der Waals surface area (Å²) in [5.74, 6) is 1.05. The van der Waals surface area contributed by atoms with Gasteiger partial charge in [0.15, 0.2) is 12.6 Å². The maximum atomic E-state index is 12.2. The Labute approximate surface area is 174 Å². The topological polar surface area (TPSA) is 46.1 Å². The minimum atomic E-state index is -4.33. The van der Waals surface area contributed by atoms with Crippen molar-refractivity contribution in [1.82, 2.24) is 10.2 Å². The van der Waals surface area contributed by atoms with Crippen molar-refractivity contribution in [2.75, 3.05) is 40.0 Å². The van der Waals surface area contributed by atoms with Crippen molar-refractivity contribution >= 4 is 29.9 Å². The summed E-state index contributed by atoms with van der Waals surface area (Å²) in [6.45, 7) is 2.82. The first-order valence-corrected chi connectivity index (χ1v) is 8.71. The first-order valence-electron chi connectivity index (χ1n) is 8.71. The van der Waals surface area contributed by atoms with E-state index in [4.69, 9.17) is 9.47 Å². The molecule has 0 bridgehead atoms. The Bertz CT molecular complexity index is 632.